The van der Waals surface area contributed by atoms with Crippen LogP contribution in [0.2, 0.25) is 0 Å². The maximum Gasteiger partial charge on any atom is 0.187 e. The second-order valence-electron chi connectivity index (χ2n) is 8.88. The molecular weight excluding hydrogens is 372 g/mol. The van der Waals surface area contributed by atoms with E-state index in [0.717, 1.165) is 0 Å². The summed E-state index contributed by atoms with van der Waals surface area (Å²) in [6.07, 6.45) is -5.14. The lowest BCUT2D eigenvalue weighted by atomic mass is 9.57. The normalized spacial score (nSPS) is 48.0. The monoisotopic (exact) mass is 406 g/mol. The van der Waals surface area contributed by atoms with Gasteiger partial charge in [-0.25, -0.2) is 0 Å². The van der Waals surface area contributed by atoms with E-state index in [1.165, 1.54) is 19.1 Å². The molecule has 0 bridgehead atoms. The average molecular weight is 406 g/mol. The fraction of sp³-hybridized carbons (Fsp3) is 0.895. The van der Waals surface area contributed by atoms with Crippen molar-refractivity contribution in [2.24, 2.45) is 5.41 Å². The van der Waals surface area contributed by atoms with Gasteiger partial charge in [-0.05, 0) is 20.3 Å². The minimum atomic E-state index is -1.65. The predicted molar refractivity (Wildman–Crippen MR) is 98.0 cm³/mol. The van der Waals surface area contributed by atoms with Crippen LogP contribution in [0.5, 0.6) is 0 Å². The molecule has 1 aliphatic heterocycles. The van der Waals surface area contributed by atoms with Gasteiger partial charge in [-0.15, -0.1) is 0 Å². The van der Waals surface area contributed by atoms with Crippen LogP contribution >= 0.6 is 0 Å². The average Bonchev–Trinajstić information content (AvgIpc) is 2.57. The quantitative estimate of drug-likeness (QED) is 0.267. The van der Waals surface area contributed by atoms with Gasteiger partial charge in [0.1, 0.15) is 30.0 Å². The molecule has 9 atom stereocenters. The van der Waals surface area contributed by atoms with Crippen molar-refractivity contribution in [2.45, 2.75) is 94.7 Å². The SMILES string of the molecule is C[C@@H](/C=C/[C@@]1(O)C(C)(C)C[C@H](O)C[C@@]1(C)O)O[C@@H]1O[C@H](CO)[C@@H](O)[C@@H](O)[C@H]1O. The molecule has 9 nitrogen and oxygen atoms in total. The summed E-state index contributed by atoms with van der Waals surface area (Å²) >= 11 is 0. The van der Waals surface area contributed by atoms with Gasteiger partial charge >= 0.3 is 0 Å². The first kappa shape index (κ1) is 23.7. The molecule has 0 aromatic carbocycles. The van der Waals surface area contributed by atoms with Crippen molar-refractivity contribution in [3.8, 4) is 0 Å². The van der Waals surface area contributed by atoms with E-state index in [4.69, 9.17) is 9.47 Å². The van der Waals surface area contributed by atoms with Gasteiger partial charge in [0, 0.05) is 11.8 Å². The zero-order valence-corrected chi connectivity index (χ0v) is 16.8. The van der Waals surface area contributed by atoms with E-state index in [0.29, 0.717) is 6.42 Å². The predicted octanol–water partition coefficient (Wildman–Crippen LogP) is -1.59. The van der Waals surface area contributed by atoms with E-state index >= 15 is 0 Å². The number of rotatable bonds is 5. The molecule has 7 N–H and O–H groups in total. The van der Waals surface area contributed by atoms with Crippen molar-refractivity contribution < 1.29 is 45.2 Å². The number of ether oxygens (including phenoxy) is 2. The molecule has 2 rings (SSSR count). The third-order valence-electron chi connectivity index (χ3n) is 6.04. The van der Waals surface area contributed by atoms with Crippen molar-refractivity contribution in [3.05, 3.63) is 12.2 Å². The Hall–Kier alpha value is -0.620. The molecule has 164 valence electrons. The number of hydrogen-bond donors (Lipinski definition) is 7. The first-order chi connectivity index (χ1) is 12.8. The van der Waals surface area contributed by atoms with Gasteiger partial charge in [0.2, 0.25) is 0 Å². The van der Waals surface area contributed by atoms with Gasteiger partial charge in [0.15, 0.2) is 6.29 Å². The molecule has 1 aliphatic carbocycles. The van der Waals surface area contributed by atoms with E-state index in [1.54, 1.807) is 20.8 Å². The molecule has 1 saturated heterocycles. The molecule has 2 aliphatic rings. The van der Waals surface area contributed by atoms with Gasteiger partial charge < -0.3 is 45.2 Å². The largest absolute Gasteiger partial charge is 0.394 e. The maximum absolute atomic E-state index is 11.2. The van der Waals surface area contributed by atoms with Crippen LogP contribution in [-0.2, 0) is 9.47 Å². The lowest BCUT2D eigenvalue weighted by Crippen LogP contribution is -2.65. The van der Waals surface area contributed by atoms with Crippen molar-refractivity contribution in [3.63, 3.8) is 0 Å². The molecule has 1 saturated carbocycles. The fourth-order valence-corrected chi connectivity index (χ4v) is 4.28. The van der Waals surface area contributed by atoms with Gasteiger partial charge in [0.05, 0.1) is 24.4 Å². The molecule has 0 unspecified atom stereocenters. The summed E-state index contributed by atoms with van der Waals surface area (Å²) in [5.41, 5.74) is -4.05. The van der Waals surface area contributed by atoms with Crippen LogP contribution in [0, 0.1) is 5.41 Å². The molecule has 0 radical (unpaired) electrons. The van der Waals surface area contributed by atoms with E-state index in [-0.39, 0.29) is 6.42 Å². The Labute approximate surface area is 164 Å². The van der Waals surface area contributed by atoms with Crippen LogP contribution in [0.15, 0.2) is 12.2 Å². The highest BCUT2D eigenvalue weighted by Crippen LogP contribution is 2.50. The van der Waals surface area contributed by atoms with Crippen LogP contribution < -0.4 is 0 Å². The van der Waals surface area contributed by atoms with Gasteiger partial charge in [-0.3, -0.25) is 0 Å². The summed E-state index contributed by atoms with van der Waals surface area (Å²) in [5.74, 6) is 0. The Bertz CT molecular complexity index is 542. The lowest BCUT2D eigenvalue weighted by Gasteiger charge is -2.55. The Morgan fingerprint density at radius 1 is 1.04 bits per heavy atom. The second kappa shape index (κ2) is 8.25. The lowest BCUT2D eigenvalue weighted by molar-refractivity contribution is -0.306. The summed E-state index contributed by atoms with van der Waals surface area (Å²) < 4.78 is 10.9. The molecule has 0 aromatic rings. The minimum absolute atomic E-state index is 0.0131. The van der Waals surface area contributed by atoms with Crippen molar-refractivity contribution in [1.82, 2.24) is 0 Å². The third-order valence-corrected chi connectivity index (χ3v) is 6.04. The standard InChI is InChI=1S/C19H34O9/c1-10(27-16-15(24)14(23)13(22)12(9-20)28-16)5-6-19(26)17(2,3)7-11(21)8-18(19,4)25/h5-6,10-16,20-26H,7-9H2,1-4H3/b6-5+/t10-,11-,12+,13+,14+,15+,16+,18+,19+/m0/s1. The highest BCUT2D eigenvalue weighted by atomic mass is 16.7. The molecule has 1 heterocycles. The first-order valence-corrected chi connectivity index (χ1v) is 9.54. The molecule has 0 spiro atoms. The molecule has 0 aromatic heterocycles. The summed E-state index contributed by atoms with van der Waals surface area (Å²) in [6.45, 7) is 6.01. The maximum atomic E-state index is 11.2. The van der Waals surface area contributed by atoms with Gasteiger partial charge in [-0.2, -0.15) is 0 Å². The molecule has 0 amide bonds. The molecule has 28 heavy (non-hydrogen) atoms. The summed E-state index contributed by atoms with van der Waals surface area (Å²) in [4.78, 5) is 0. The molecule has 9 heteroatoms. The highest BCUT2D eigenvalue weighted by Gasteiger charge is 2.58. The zero-order valence-electron chi connectivity index (χ0n) is 16.8. The third kappa shape index (κ3) is 4.28. The van der Waals surface area contributed by atoms with E-state index in [9.17, 15) is 35.7 Å². The second-order valence-corrected chi connectivity index (χ2v) is 8.88. The Morgan fingerprint density at radius 3 is 2.18 bits per heavy atom. The van der Waals surface area contributed by atoms with Crippen LogP contribution in [0.25, 0.3) is 0 Å². The fourth-order valence-electron chi connectivity index (χ4n) is 4.28. The highest BCUT2D eigenvalue weighted by molar-refractivity contribution is 5.21. The Balaban J connectivity index is 2.13. The summed E-state index contributed by atoms with van der Waals surface area (Å²) in [6, 6.07) is 0. The first-order valence-electron chi connectivity index (χ1n) is 9.54. The molecule has 2 fully saturated rings. The van der Waals surface area contributed by atoms with E-state index < -0.39 is 66.1 Å². The minimum Gasteiger partial charge on any atom is -0.394 e. The summed E-state index contributed by atoms with van der Waals surface area (Å²) in [7, 11) is 0. The van der Waals surface area contributed by atoms with Crippen LogP contribution in [-0.4, -0.2) is 96.5 Å². The van der Waals surface area contributed by atoms with E-state index in [2.05, 4.69) is 0 Å². The van der Waals surface area contributed by atoms with Crippen molar-refractivity contribution in [2.75, 3.05) is 6.61 Å². The van der Waals surface area contributed by atoms with Crippen LogP contribution in [0.4, 0.5) is 0 Å². The number of hydrogen-bond acceptors (Lipinski definition) is 9. The number of aliphatic hydroxyl groups excluding tert-OH is 5. The Kier molecular flexibility index (Phi) is 6.97. The topological polar surface area (TPSA) is 160 Å². The van der Waals surface area contributed by atoms with Crippen LogP contribution in [0.1, 0.15) is 40.5 Å². The zero-order chi connectivity index (χ0) is 21.5. The van der Waals surface area contributed by atoms with Crippen molar-refractivity contribution in [1.29, 1.82) is 0 Å². The smallest absolute Gasteiger partial charge is 0.187 e. The van der Waals surface area contributed by atoms with Gasteiger partial charge in [-0.1, -0.05) is 26.0 Å². The van der Waals surface area contributed by atoms with Crippen molar-refractivity contribution >= 4 is 0 Å². The van der Waals surface area contributed by atoms with E-state index in [1.807, 2.05) is 0 Å². The van der Waals surface area contributed by atoms with Gasteiger partial charge in [0.25, 0.3) is 0 Å². The Morgan fingerprint density at radius 2 is 1.64 bits per heavy atom. The molecular formula is C19H34O9. The summed E-state index contributed by atoms with van der Waals surface area (Å²) in [5, 5.41) is 70.9. The van der Waals surface area contributed by atoms with Crippen LogP contribution in [0.3, 0.4) is 0 Å². The number of aliphatic hydroxyl groups is 7.